The van der Waals surface area contributed by atoms with Crippen molar-refractivity contribution < 1.29 is 4.79 Å². The van der Waals surface area contributed by atoms with Gasteiger partial charge in [0.05, 0.1) is 0 Å². The molecule has 1 aromatic carbocycles. The number of carbonyl (C=O) groups is 1. The fourth-order valence-electron chi connectivity index (χ4n) is 4.30. The monoisotopic (exact) mass is 379 g/mol. The molecule has 6 heteroatoms. The number of rotatable bonds is 6. The van der Waals surface area contributed by atoms with Crippen molar-refractivity contribution in [1.82, 2.24) is 19.8 Å². The first-order chi connectivity index (χ1) is 13.7. The van der Waals surface area contributed by atoms with Crippen molar-refractivity contribution in [2.75, 3.05) is 31.5 Å². The molecular formula is C22H29N5O. The van der Waals surface area contributed by atoms with Crippen LogP contribution in [0.4, 0.5) is 5.95 Å². The van der Waals surface area contributed by atoms with Crippen molar-refractivity contribution in [3.63, 3.8) is 0 Å². The molecule has 5 rings (SSSR count). The van der Waals surface area contributed by atoms with E-state index >= 15 is 0 Å². The van der Waals surface area contributed by atoms with Crippen molar-refractivity contribution in [2.45, 2.75) is 38.8 Å². The van der Waals surface area contributed by atoms with E-state index in [0.29, 0.717) is 17.9 Å². The number of hydrogen-bond acceptors (Lipinski definition) is 5. The van der Waals surface area contributed by atoms with Gasteiger partial charge < -0.3 is 10.2 Å². The van der Waals surface area contributed by atoms with Crippen LogP contribution < -0.4 is 5.32 Å². The quantitative estimate of drug-likeness (QED) is 0.836. The van der Waals surface area contributed by atoms with E-state index < -0.39 is 0 Å². The van der Waals surface area contributed by atoms with Gasteiger partial charge in [0.2, 0.25) is 5.95 Å². The van der Waals surface area contributed by atoms with Crippen LogP contribution in [0, 0.1) is 5.92 Å². The van der Waals surface area contributed by atoms with E-state index in [0.717, 1.165) is 56.7 Å². The molecule has 3 fully saturated rings. The summed E-state index contributed by atoms with van der Waals surface area (Å²) in [5.74, 6) is 1.40. The zero-order valence-electron chi connectivity index (χ0n) is 16.6. The fourth-order valence-corrected chi connectivity index (χ4v) is 4.30. The van der Waals surface area contributed by atoms with Crippen molar-refractivity contribution in [3.05, 3.63) is 53.9 Å². The van der Waals surface area contributed by atoms with Crippen molar-refractivity contribution >= 4 is 11.9 Å². The third-order valence-corrected chi connectivity index (χ3v) is 5.76. The van der Waals surface area contributed by atoms with Crippen LogP contribution in [0.3, 0.4) is 0 Å². The molecule has 1 aromatic heterocycles. The fraction of sp³-hybridized carbons (Fsp3) is 0.500. The highest BCUT2D eigenvalue weighted by atomic mass is 16.2. The number of benzene rings is 1. The number of fused-ring (bicyclic) bond motifs is 4. The second-order valence-corrected chi connectivity index (χ2v) is 7.94. The van der Waals surface area contributed by atoms with E-state index in [1.807, 2.05) is 42.7 Å². The first-order valence-corrected chi connectivity index (χ1v) is 10.4. The van der Waals surface area contributed by atoms with Crippen LogP contribution in [0.5, 0.6) is 0 Å². The number of piperidine rings is 1. The van der Waals surface area contributed by atoms with Gasteiger partial charge in [0, 0.05) is 62.3 Å². The van der Waals surface area contributed by atoms with Gasteiger partial charge in [-0.3, -0.25) is 9.69 Å². The number of nitrogens with one attached hydrogen (secondary N) is 1. The molecule has 1 N–H and O–H groups in total. The number of anilines is 1. The number of aromatic nitrogens is 2. The van der Waals surface area contributed by atoms with Crippen LogP contribution in [0.25, 0.3) is 0 Å². The lowest BCUT2D eigenvalue weighted by atomic mass is 9.95. The van der Waals surface area contributed by atoms with Crippen LogP contribution in [-0.4, -0.2) is 57.9 Å². The molecule has 6 nitrogen and oxygen atoms in total. The minimum atomic E-state index is 0.161. The first-order valence-electron chi connectivity index (χ1n) is 10.4. The molecule has 3 saturated heterocycles. The maximum atomic E-state index is 12.9. The zero-order chi connectivity index (χ0) is 19.3. The van der Waals surface area contributed by atoms with Crippen molar-refractivity contribution in [2.24, 2.45) is 5.92 Å². The summed E-state index contributed by atoms with van der Waals surface area (Å²) in [6, 6.07) is 10.1. The Balaban J connectivity index is 1.41. The molecule has 0 spiro atoms. The van der Waals surface area contributed by atoms with Gasteiger partial charge in [0.15, 0.2) is 0 Å². The molecule has 2 bridgehead atoms. The van der Waals surface area contributed by atoms with Gasteiger partial charge in [-0.15, -0.1) is 0 Å². The molecule has 3 aliphatic heterocycles. The van der Waals surface area contributed by atoms with Gasteiger partial charge in [-0.1, -0.05) is 25.1 Å². The van der Waals surface area contributed by atoms with Crippen LogP contribution in [0.15, 0.2) is 42.7 Å². The topological polar surface area (TPSA) is 61.4 Å². The van der Waals surface area contributed by atoms with E-state index in [2.05, 4.69) is 32.0 Å². The minimum absolute atomic E-state index is 0.161. The number of carbonyl (C=O) groups excluding carboxylic acids is 1. The summed E-state index contributed by atoms with van der Waals surface area (Å²) in [4.78, 5) is 26.4. The van der Waals surface area contributed by atoms with E-state index in [1.54, 1.807) is 0 Å². The van der Waals surface area contributed by atoms with Gasteiger partial charge in [-0.05, 0) is 37.3 Å². The Hall–Kier alpha value is -2.47. The normalized spacial score (nSPS) is 22.1. The minimum Gasteiger partial charge on any atom is -0.354 e. The van der Waals surface area contributed by atoms with Gasteiger partial charge in [-0.2, -0.15) is 0 Å². The van der Waals surface area contributed by atoms with Crippen LogP contribution >= 0.6 is 0 Å². The molecule has 28 heavy (non-hydrogen) atoms. The highest BCUT2D eigenvalue weighted by molar-refractivity contribution is 5.94. The predicted molar refractivity (Wildman–Crippen MR) is 110 cm³/mol. The molecule has 0 radical (unpaired) electrons. The standard InChI is InChI=1S/C22H29N5O/c1-2-10-23-22-24-11-18(12-25-22)15-26-13-17-8-9-20(26)16-27(14-17)21(28)19-6-4-3-5-7-19/h3-7,11-12,17,20H,2,8-10,13-16H2,1H3,(H,23,24,25)/t17-,20-/m1/s1. The van der Waals surface area contributed by atoms with Crippen molar-refractivity contribution in [3.8, 4) is 0 Å². The van der Waals surface area contributed by atoms with E-state index in [-0.39, 0.29) is 5.91 Å². The molecule has 0 aliphatic carbocycles. The van der Waals surface area contributed by atoms with E-state index in [9.17, 15) is 4.79 Å². The Morgan fingerprint density at radius 2 is 1.89 bits per heavy atom. The Bertz CT molecular complexity index is 779. The molecular weight excluding hydrogens is 350 g/mol. The first kappa shape index (κ1) is 18.9. The molecule has 1 amide bonds. The smallest absolute Gasteiger partial charge is 0.253 e. The molecule has 148 valence electrons. The molecule has 4 heterocycles. The highest BCUT2D eigenvalue weighted by Gasteiger charge is 2.36. The highest BCUT2D eigenvalue weighted by Crippen LogP contribution is 2.29. The number of hydrogen-bond donors (Lipinski definition) is 1. The average Bonchev–Trinajstić information content (AvgIpc) is 3.05. The second kappa shape index (κ2) is 8.69. The van der Waals surface area contributed by atoms with Crippen molar-refractivity contribution in [1.29, 1.82) is 0 Å². The lowest BCUT2D eigenvalue weighted by molar-refractivity contribution is 0.0736. The van der Waals surface area contributed by atoms with Crippen LogP contribution in [-0.2, 0) is 6.54 Å². The zero-order valence-corrected chi connectivity index (χ0v) is 16.6. The summed E-state index contributed by atoms with van der Waals surface area (Å²) in [5.41, 5.74) is 1.93. The third kappa shape index (κ3) is 4.33. The van der Waals surface area contributed by atoms with Crippen LogP contribution in [0.1, 0.15) is 42.1 Å². The van der Waals surface area contributed by atoms with Crippen LogP contribution in [0.2, 0.25) is 0 Å². The van der Waals surface area contributed by atoms with Gasteiger partial charge in [0.1, 0.15) is 0 Å². The summed E-state index contributed by atoms with van der Waals surface area (Å²) in [6.07, 6.45) is 7.27. The Kier molecular flexibility index (Phi) is 5.86. The summed E-state index contributed by atoms with van der Waals surface area (Å²) in [5, 5.41) is 3.22. The van der Waals surface area contributed by atoms with E-state index in [1.165, 1.54) is 6.42 Å². The van der Waals surface area contributed by atoms with Gasteiger partial charge in [0.25, 0.3) is 5.91 Å². The number of nitrogens with zero attached hydrogens (tertiary/aromatic N) is 4. The Morgan fingerprint density at radius 1 is 1.11 bits per heavy atom. The summed E-state index contributed by atoms with van der Waals surface area (Å²) in [7, 11) is 0. The largest absolute Gasteiger partial charge is 0.354 e. The van der Waals surface area contributed by atoms with Gasteiger partial charge >= 0.3 is 0 Å². The molecule has 2 aromatic rings. The Morgan fingerprint density at radius 3 is 2.64 bits per heavy atom. The summed E-state index contributed by atoms with van der Waals surface area (Å²) >= 11 is 0. The molecule has 2 atom stereocenters. The average molecular weight is 380 g/mol. The molecule has 3 aliphatic rings. The molecule has 0 saturated carbocycles. The van der Waals surface area contributed by atoms with E-state index in [4.69, 9.17) is 0 Å². The number of amides is 1. The summed E-state index contributed by atoms with van der Waals surface area (Å²) < 4.78 is 0. The Labute approximate surface area is 167 Å². The maximum Gasteiger partial charge on any atom is 0.253 e. The maximum absolute atomic E-state index is 12.9. The SMILES string of the molecule is CCCNc1ncc(CN2C[C@H]3CC[C@@H]2CN(C(=O)c2ccccc2)C3)cn1. The predicted octanol–water partition coefficient (Wildman–Crippen LogP) is 3.04. The van der Waals surface area contributed by atoms with Gasteiger partial charge in [-0.25, -0.2) is 9.97 Å². The lowest BCUT2D eigenvalue weighted by Gasteiger charge is -2.35. The summed E-state index contributed by atoms with van der Waals surface area (Å²) in [6.45, 7) is 6.57. The lowest BCUT2D eigenvalue weighted by Crippen LogP contribution is -2.44. The third-order valence-electron chi connectivity index (χ3n) is 5.76. The molecule has 0 unspecified atom stereocenters. The second-order valence-electron chi connectivity index (χ2n) is 7.94.